The Labute approximate surface area is 152 Å². The molecular formula is C18H14ClF3O2S. The molecule has 25 heavy (non-hydrogen) atoms. The molecule has 0 saturated carbocycles. The molecule has 0 aromatic heterocycles. The molecule has 0 unspecified atom stereocenters. The van der Waals surface area contributed by atoms with Gasteiger partial charge in [-0.25, -0.2) is 0 Å². The highest BCUT2D eigenvalue weighted by molar-refractivity contribution is 8.00. The van der Waals surface area contributed by atoms with Gasteiger partial charge in [0.1, 0.15) is 5.75 Å². The Morgan fingerprint density at radius 3 is 2.44 bits per heavy atom. The van der Waals surface area contributed by atoms with Crippen LogP contribution < -0.4 is 0 Å². The van der Waals surface area contributed by atoms with Crippen LogP contribution in [0.3, 0.4) is 0 Å². The third-order valence-electron chi connectivity index (χ3n) is 3.27. The summed E-state index contributed by atoms with van der Waals surface area (Å²) < 4.78 is 36.8. The third-order valence-corrected chi connectivity index (χ3v) is 4.20. The molecule has 0 radical (unpaired) electrons. The van der Waals surface area contributed by atoms with E-state index in [-0.39, 0.29) is 28.2 Å². The van der Waals surface area contributed by atoms with Crippen LogP contribution in [0.2, 0.25) is 0 Å². The minimum atomic E-state index is -4.33. The standard InChI is InChI=1S/C18H14ClF3O2S/c19-10-9-14-11-13(4-8-17(14)24)16(23)7-3-12-1-5-15(6-2-12)25-18(20,21)22/h1-8,11,24H,9-10H2. The molecule has 0 bridgehead atoms. The Hall–Kier alpha value is -1.92. The summed E-state index contributed by atoms with van der Waals surface area (Å²) in [4.78, 5) is 12.3. The van der Waals surface area contributed by atoms with Crippen molar-refractivity contribution < 1.29 is 23.1 Å². The summed E-state index contributed by atoms with van der Waals surface area (Å²) in [6.07, 6.45) is 3.30. The molecule has 132 valence electrons. The number of rotatable bonds is 6. The summed E-state index contributed by atoms with van der Waals surface area (Å²) >= 11 is 5.46. The largest absolute Gasteiger partial charge is 0.508 e. The van der Waals surface area contributed by atoms with Gasteiger partial charge in [-0.1, -0.05) is 18.2 Å². The number of carbonyl (C=O) groups excluding carboxylic acids is 1. The van der Waals surface area contributed by atoms with Crippen LogP contribution >= 0.6 is 23.4 Å². The number of ketones is 1. The van der Waals surface area contributed by atoms with Crippen molar-refractivity contribution in [1.29, 1.82) is 0 Å². The fraction of sp³-hybridized carbons (Fsp3) is 0.167. The molecule has 0 spiro atoms. The first-order valence-corrected chi connectivity index (χ1v) is 8.59. The Balaban J connectivity index is 2.08. The normalized spacial score (nSPS) is 11.8. The maximum Gasteiger partial charge on any atom is 0.446 e. The SMILES string of the molecule is O=C(C=Cc1ccc(SC(F)(F)F)cc1)c1ccc(O)c(CCCl)c1. The Morgan fingerprint density at radius 2 is 1.84 bits per heavy atom. The van der Waals surface area contributed by atoms with Crippen molar-refractivity contribution >= 4 is 35.2 Å². The number of alkyl halides is 4. The quantitative estimate of drug-likeness (QED) is 0.300. The van der Waals surface area contributed by atoms with Crippen LogP contribution in [0.1, 0.15) is 21.5 Å². The zero-order chi connectivity index (χ0) is 18.4. The van der Waals surface area contributed by atoms with Crippen molar-refractivity contribution in [2.75, 3.05) is 5.88 Å². The summed E-state index contributed by atoms with van der Waals surface area (Å²) in [7, 11) is 0. The number of aromatic hydroxyl groups is 1. The maximum absolute atomic E-state index is 12.3. The molecule has 2 rings (SSSR count). The van der Waals surface area contributed by atoms with E-state index in [1.807, 2.05) is 0 Å². The van der Waals surface area contributed by atoms with Crippen molar-refractivity contribution in [3.05, 3.63) is 65.2 Å². The van der Waals surface area contributed by atoms with Crippen molar-refractivity contribution in [2.24, 2.45) is 0 Å². The van der Waals surface area contributed by atoms with Crippen molar-refractivity contribution in [1.82, 2.24) is 0 Å². The van der Waals surface area contributed by atoms with Gasteiger partial charge in [0.25, 0.3) is 0 Å². The van der Waals surface area contributed by atoms with Crippen LogP contribution in [0.4, 0.5) is 13.2 Å². The number of hydrogen-bond acceptors (Lipinski definition) is 3. The van der Waals surface area contributed by atoms with Gasteiger partial charge in [-0.15, -0.1) is 11.6 Å². The smallest absolute Gasteiger partial charge is 0.446 e. The lowest BCUT2D eigenvalue weighted by molar-refractivity contribution is -0.0328. The molecule has 0 aliphatic carbocycles. The Morgan fingerprint density at radius 1 is 1.16 bits per heavy atom. The number of allylic oxidation sites excluding steroid dienone is 1. The highest BCUT2D eigenvalue weighted by Gasteiger charge is 2.28. The summed E-state index contributed by atoms with van der Waals surface area (Å²) in [5, 5.41) is 9.69. The first kappa shape index (κ1) is 19.4. The lowest BCUT2D eigenvalue weighted by atomic mass is 10.0. The van der Waals surface area contributed by atoms with E-state index in [9.17, 15) is 23.1 Å². The van der Waals surface area contributed by atoms with Gasteiger partial charge in [0, 0.05) is 16.3 Å². The highest BCUT2D eigenvalue weighted by Crippen LogP contribution is 2.36. The van der Waals surface area contributed by atoms with Crippen LogP contribution in [0, 0.1) is 0 Å². The fourth-order valence-corrected chi connectivity index (χ4v) is 2.83. The van der Waals surface area contributed by atoms with E-state index in [4.69, 9.17) is 11.6 Å². The molecule has 2 nitrogen and oxygen atoms in total. The average molecular weight is 387 g/mol. The zero-order valence-electron chi connectivity index (χ0n) is 12.9. The summed E-state index contributed by atoms with van der Waals surface area (Å²) in [6.45, 7) is 0. The molecule has 0 amide bonds. The molecule has 1 N–H and O–H groups in total. The van der Waals surface area contributed by atoms with Crippen molar-refractivity contribution in [3.63, 3.8) is 0 Å². The monoisotopic (exact) mass is 386 g/mol. The molecular weight excluding hydrogens is 373 g/mol. The predicted molar refractivity (Wildman–Crippen MR) is 94.2 cm³/mol. The van der Waals surface area contributed by atoms with Gasteiger partial charge < -0.3 is 5.11 Å². The fourth-order valence-electron chi connectivity index (χ4n) is 2.09. The number of phenols is 1. The number of aryl methyl sites for hydroxylation is 1. The van der Waals surface area contributed by atoms with E-state index in [1.54, 1.807) is 6.07 Å². The van der Waals surface area contributed by atoms with E-state index in [0.717, 1.165) is 0 Å². The topological polar surface area (TPSA) is 37.3 Å². The molecule has 7 heteroatoms. The van der Waals surface area contributed by atoms with Crippen LogP contribution in [0.25, 0.3) is 6.08 Å². The minimum Gasteiger partial charge on any atom is -0.508 e. The molecule has 0 aliphatic rings. The van der Waals surface area contributed by atoms with Gasteiger partial charge >= 0.3 is 5.51 Å². The second kappa shape index (κ2) is 8.45. The van der Waals surface area contributed by atoms with Crippen LogP contribution in [-0.2, 0) is 6.42 Å². The van der Waals surface area contributed by atoms with E-state index >= 15 is 0 Å². The van der Waals surface area contributed by atoms with Crippen molar-refractivity contribution in [3.8, 4) is 5.75 Å². The van der Waals surface area contributed by atoms with Crippen LogP contribution in [0.15, 0.2) is 53.4 Å². The molecule has 0 heterocycles. The number of halogens is 4. The van der Waals surface area contributed by atoms with E-state index in [1.165, 1.54) is 48.6 Å². The average Bonchev–Trinajstić information content (AvgIpc) is 2.55. The number of phenolic OH excluding ortho intramolecular Hbond substituents is 1. The maximum atomic E-state index is 12.3. The second-order valence-corrected chi connectivity index (χ2v) is 6.61. The molecule has 0 saturated heterocycles. The molecule has 2 aromatic rings. The first-order valence-electron chi connectivity index (χ1n) is 7.24. The highest BCUT2D eigenvalue weighted by atomic mass is 35.5. The van der Waals surface area contributed by atoms with E-state index in [2.05, 4.69) is 0 Å². The Bertz CT molecular complexity index is 771. The number of thioether (sulfide) groups is 1. The van der Waals surface area contributed by atoms with Gasteiger partial charge in [-0.05, 0) is 65.7 Å². The molecule has 0 atom stereocenters. The van der Waals surface area contributed by atoms with Crippen LogP contribution in [-0.4, -0.2) is 22.3 Å². The number of hydrogen-bond donors (Lipinski definition) is 1. The number of carbonyl (C=O) groups is 1. The number of benzene rings is 2. The van der Waals surface area contributed by atoms with Crippen LogP contribution in [0.5, 0.6) is 5.75 Å². The van der Waals surface area contributed by atoms with Crippen molar-refractivity contribution in [2.45, 2.75) is 16.8 Å². The molecule has 0 aliphatic heterocycles. The van der Waals surface area contributed by atoms with Gasteiger partial charge in [-0.3, -0.25) is 4.79 Å². The van der Waals surface area contributed by atoms with Gasteiger partial charge in [0.15, 0.2) is 5.78 Å². The van der Waals surface area contributed by atoms with Gasteiger partial charge in [0.2, 0.25) is 0 Å². The first-order chi connectivity index (χ1) is 11.8. The van der Waals surface area contributed by atoms with E-state index < -0.39 is 5.51 Å². The summed E-state index contributed by atoms with van der Waals surface area (Å²) in [5.41, 5.74) is -2.73. The van der Waals surface area contributed by atoms with Gasteiger partial charge in [-0.2, -0.15) is 13.2 Å². The second-order valence-electron chi connectivity index (χ2n) is 5.10. The third kappa shape index (κ3) is 6.14. The van der Waals surface area contributed by atoms with E-state index in [0.29, 0.717) is 29.0 Å². The predicted octanol–water partition coefficient (Wildman–Crippen LogP) is 5.68. The lowest BCUT2D eigenvalue weighted by Gasteiger charge is -2.05. The lowest BCUT2D eigenvalue weighted by Crippen LogP contribution is -1.98. The molecule has 2 aromatic carbocycles. The Kier molecular flexibility index (Phi) is 6.56. The summed E-state index contributed by atoms with van der Waals surface area (Å²) in [5.74, 6) is 0.132. The van der Waals surface area contributed by atoms with Gasteiger partial charge in [0.05, 0.1) is 0 Å². The summed E-state index contributed by atoms with van der Waals surface area (Å²) in [6, 6.07) is 10.2. The molecule has 0 fully saturated rings. The zero-order valence-corrected chi connectivity index (χ0v) is 14.5. The minimum absolute atomic E-state index is 0.0823.